The summed E-state index contributed by atoms with van der Waals surface area (Å²) in [5.41, 5.74) is 6.07. The maximum absolute atomic E-state index is 12.5. The average Bonchev–Trinajstić information content (AvgIpc) is 2.07. The number of rotatable bonds is 3. The van der Waals surface area contributed by atoms with Gasteiger partial charge >= 0.3 is 17.3 Å². The molecule has 0 unspecified atom stereocenters. The van der Waals surface area contributed by atoms with E-state index in [9.17, 15) is 12.3 Å². The molecule has 0 heterocycles. The van der Waals surface area contributed by atoms with E-state index in [1.54, 1.807) is 0 Å². The minimum atomic E-state index is -4.68. The molecule has 0 saturated heterocycles. The van der Waals surface area contributed by atoms with Crippen LogP contribution in [0.2, 0.25) is 0 Å². The molecule has 0 atom stereocenters. The second-order valence-electron chi connectivity index (χ2n) is 3.45. The van der Waals surface area contributed by atoms with Crippen LogP contribution in [0.15, 0.2) is 12.1 Å². The van der Waals surface area contributed by atoms with Gasteiger partial charge in [-0.25, -0.2) is 0 Å². The summed E-state index contributed by atoms with van der Waals surface area (Å²) in [6.07, 6.45) is 0. The summed E-state index contributed by atoms with van der Waals surface area (Å²) in [5.74, 6) is -0.830. The SMILES string of the molecule is Cc1c(CS(=O)(=O)F)cc(N)cc1B(O)O. The molecular weight excluding hydrogens is 236 g/mol. The predicted molar refractivity (Wildman–Crippen MR) is 59.1 cm³/mol. The van der Waals surface area contributed by atoms with Crippen LogP contribution in [-0.4, -0.2) is 25.6 Å². The van der Waals surface area contributed by atoms with Gasteiger partial charge in [0.05, 0.1) is 0 Å². The number of hydrogen-bond donors (Lipinski definition) is 3. The summed E-state index contributed by atoms with van der Waals surface area (Å²) >= 11 is 0. The maximum Gasteiger partial charge on any atom is 0.488 e. The van der Waals surface area contributed by atoms with Gasteiger partial charge in [0, 0.05) is 5.69 Å². The quantitative estimate of drug-likeness (QED) is 0.363. The van der Waals surface area contributed by atoms with E-state index < -0.39 is 23.1 Å². The third-order valence-electron chi connectivity index (χ3n) is 2.18. The van der Waals surface area contributed by atoms with Crippen LogP contribution in [0.4, 0.5) is 9.57 Å². The Morgan fingerprint density at radius 3 is 2.44 bits per heavy atom. The molecule has 1 aromatic rings. The molecule has 5 nitrogen and oxygen atoms in total. The van der Waals surface area contributed by atoms with Crippen LogP contribution in [0, 0.1) is 6.92 Å². The van der Waals surface area contributed by atoms with Crippen molar-refractivity contribution in [2.24, 2.45) is 0 Å². The van der Waals surface area contributed by atoms with E-state index in [4.69, 9.17) is 15.8 Å². The van der Waals surface area contributed by atoms with Crippen LogP contribution >= 0.6 is 0 Å². The summed E-state index contributed by atoms with van der Waals surface area (Å²) in [6.45, 7) is 1.47. The van der Waals surface area contributed by atoms with Crippen molar-refractivity contribution in [3.63, 3.8) is 0 Å². The number of hydrogen-bond acceptors (Lipinski definition) is 5. The molecule has 0 amide bonds. The van der Waals surface area contributed by atoms with Gasteiger partial charge in [0.2, 0.25) is 0 Å². The minimum absolute atomic E-state index is 0.0682. The Kier molecular flexibility index (Phi) is 3.56. The second-order valence-corrected chi connectivity index (χ2v) is 4.82. The molecule has 0 bridgehead atoms. The Morgan fingerprint density at radius 1 is 1.44 bits per heavy atom. The molecule has 0 fully saturated rings. The van der Waals surface area contributed by atoms with Gasteiger partial charge in [-0.05, 0) is 35.6 Å². The largest absolute Gasteiger partial charge is 0.488 e. The fourth-order valence-corrected chi connectivity index (χ4v) is 2.10. The summed E-state index contributed by atoms with van der Waals surface area (Å²) < 4.78 is 33.6. The van der Waals surface area contributed by atoms with Gasteiger partial charge in [0.25, 0.3) is 0 Å². The van der Waals surface area contributed by atoms with Gasteiger partial charge in [0.1, 0.15) is 5.75 Å². The average molecular weight is 247 g/mol. The van der Waals surface area contributed by atoms with E-state index in [1.807, 2.05) is 0 Å². The minimum Gasteiger partial charge on any atom is -0.423 e. The Labute approximate surface area is 93.1 Å². The molecule has 16 heavy (non-hydrogen) atoms. The number of nitrogen functional groups attached to an aromatic ring is 1. The zero-order valence-corrected chi connectivity index (χ0v) is 9.33. The molecule has 1 rings (SSSR count). The Morgan fingerprint density at radius 2 is 2.00 bits per heavy atom. The van der Waals surface area contributed by atoms with Gasteiger partial charge in [-0.2, -0.15) is 8.42 Å². The predicted octanol–water partition coefficient (Wildman–Crippen LogP) is -0.944. The van der Waals surface area contributed by atoms with Crippen molar-refractivity contribution in [2.45, 2.75) is 12.7 Å². The molecule has 0 radical (unpaired) electrons. The van der Waals surface area contributed by atoms with Crippen LogP contribution in [0.5, 0.6) is 0 Å². The van der Waals surface area contributed by atoms with Crippen molar-refractivity contribution < 1.29 is 22.4 Å². The molecule has 0 aliphatic carbocycles. The number of benzene rings is 1. The van der Waals surface area contributed by atoms with E-state index in [-0.39, 0.29) is 16.7 Å². The molecule has 8 heteroatoms. The smallest absolute Gasteiger partial charge is 0.423 e. The van der Waals surface area contributed by atoms with Crippen molar-refractivity contribution in [1.82, 2.24) is 0 Å². The van der Waals surface area contributed by atoms with Crippen molar-refractivity contribution in [3.8, 4) is 0 Å². The lowest BCUT2D eigenvalue weighted by Gasteiger charge is -2.11. The molecule has 0 spiro atoms. The molecule has 0 aliphatic rings. The normalized spacial score (nSPS) is 11.5. The fraction of sp³-hybridized carbons (Fsp3) is 0.250. The van der Waals surface area contributed by atoms with E-state index in [0.29, 0.717) is 5.56 Å². The first-order chi connectivity index (χ1) is 7.20. The lowest BCUT2D eigenvalue weighted by atomic mass is 9.76. The molecular formula is C8H11BFNO4S. The summed E-state index contributed by atoms with van der Waals surface area (Å²) in [4.78, 5) is 0. The number of anilines is 1. The number of nitrogens with two attached hydrogens (primary N) is 1. The van der Waals surface area contributed by atoms with Gasteiger partial charge in [-0.1, -0.05) is 0 Å². The van der Waals surface area contributed by atoms with Crippen molar-refractivity contribution in [2.75, 3.05) is 5.73 Å². The molecule has 0 aliphatic heterocycles. The van der Waals surface area contributed by atoms with Crippen LogP contribution < -0.4 is 11.2 Å². The van der Waals surface area contributed by atoms with E-state index in [1.165, 1.54) is 19.1 Å². The second kappa shape index (κ2) is 4.40. The highest BCUT2D eigenvalue weighted by Crippen LogP contribution is 2.15. The first-order valence-electron chi connectivity index (χ1n) is 4.38. The first kappa shape index (κ1) is 13.0. The van der Waals surface area contributed by atoms with Gasteiger partial charge in [-0.3, -0.25) is 0 Å². The van der Waals surface area contributed by atoms with Crippen molar-refractivity contribution in [3.05, 3.63) is 23.3 Å². The van der Waals surface area contributed by atoms with Crippen LogP contribution in [0.3, 0.4) is 0 Å². The Bertz CT molecular complexity index is 503. The van der Waals surface area contributed by atoms with Crippen LogP contribution in [-0.2, 0) is 16.0 Å². The lowest BCUT2D eigenvalue weighted by molar-refractivity contribution is 0.425. The summed E-state index contributed by atoms with van der Waals surface area (Å²) in [6, 6.07) is 2.59. The molecule has 0 aromatic heterocycles. The highest BCUT2D eigenvalue weighted by atomic mass is 32.3. The highest BCUT2D eigenvalue weighted by Gasteiger charge is 2.19. The molecule has 88 valence electrons. The topological polar surface area (TPSA) is 101 Å². The third kappa shape index (κ3) is 3.19. The molecule has 0 saturated carbocycles. The van der Waals surface area contributed by atoms with Gasteiger partial charge < -0.3 is 15.8 Å². The summed E-state index contributed by atoms with van der Waals surface area (Å²) in [7, 11) is -6.45. The Balaban J connectivity index is 3.30. The van der Waals surface area contributed by atoms with Crippen molar-refractivity contribution >= 4 is 28.5 Å². The Hall–Kier alpha value is -1.12. The maximum atomic E-state index is 12.5. The fourth-order valence-electron chi connectivity index (χ4n) is 1.43. The van der Waals surface area contributed by atoms with Crippen LogP contribution in [0.1, 0.15) is 11.1 Å². The van der Waals surface area contributed by atoms with Crippen molar-refractivity contribution in [1.29, 1.82) is 0 Å². The summed E-state index contributed by atoms with van der Waals surface area (Å²) in [5, 5.41) is 18.0. The first-order valence-corrected chi connectivity index (χ1v) is 5.93. The van der Waals surface area contributed by atoms with Crippen LogP contribution in [0.25, 0.3) is 0 Å². The number of halogens is 1. The third-order valence-corrected chi connectivity index (χ3v) is 2.84. The van der Waals surface area contributed by atoms with Gasteiger partial charge in [0.15, 0.2) is 0 Å². The standard InChI is InChI=1S/C8H11BFNO4S/c1-5-6(4-16(10,14)15)2-7(11)3-8(5)9(12)13/h2-3,12-13H,4,11H2,1H3. The highest BCUT2D eigenvalue weighted by molar-refractivity contribution is 7.85. The zero-order chi connectivity index (χ0) is 12.5. The lowest BCUT2D eigenvalue weighted by Crippen LogP contribution is -2.33. The molecule has 1 aromatic carbocycles. The monoisotopic (exact) mass is 247 g/mol. The van der Waals surface area contributed by atoms with Gasteiger partial charge in [-0.15, -0.1) is 3.89 Å². The zero-order valence-electron chi connectivity index (χ0n) is 8.51. The van der Waals surface area contributed by atoms with E-state index in [2.05, 4.69) is 0 Å². The van der Waals surface area contributed by atoms with E-state index in [0.717, 1.165) is 0 Å². The molecule has 4 N–H and O–H groups in total. The van der Waals surface area contributed by atoms with E-state index >= 15 is 0 Å².